The van der Waals surface area contributed by atoms with Crippen LogP contribution >= 0.6 is 11.8 Å². The van der Waals surface area contributed by atoms with Crippen molar-refractivity contribution in [3.63, 3.8) is 0 Å². The number of anilines is 1. The zero-order chi connectivity index (χ0) is 16.8. The van der Waals surface area contributed by atoms with Gasteiger partial charge in [-0.3, -0.25) is 0 Å². The second-order valence-electron chi connectivity index (χ2n) is 5.78. The third-order valence-electron chi connectivity index (χ3n) is 4.07. The Balaban J connectivity index is 1.48. The molecule has 1 atom stereocenters. The molecule has 1 aliphatic rings. The highest BCUT2D eigenvalue weighted by atomic mass is 32.2. The highest BCUT2D eigenvalue weighted by Crippen LogP contribution is 2.27. The van der Waals surface area contributed by atoms with E-state index in [1.165, 1.54) is 11.9 Å². The van der Waals surface area contributed by atoms with E-state index in [0.717, 1.165) is 34.8 Å². The normalized spacial score (nSPS) is 14.3. The minimum atomic E-state index is 0.0582. The smallest absolute Gasteiger partial charge is 0.130 e. The van der Waals surface area contributed by atoms with Crippen molar-refractivity contribution in [3.8, 4) is 0 Å². The number of aliphatic hydroxyl groups is 1. The number of hydrogen-bond donors (Lipinski definition) is 3. The van der Waals surface area contributed by atoms with Crippen LogP contribution in [0.4, 0.5) is 5.82 Å². The summed E-state index contributed by atoms with van der Waals surface area (Å²) in [5, 5.41) is 13.0. The molecule has 1 aromatic heterocycles. The molecule has 4 N–H and O–H groups in total. The van der Waals surface area contributed by atoms with Crippen molar-refractivity contribution in [1.82, 2.24) is 15.3 Å². The van der Waals surface area contributed by atoms with Gasteiger partial charge in [0.05, 0.1) is 12.3 Å². The fourth-order valence-corrected chi connectivity index (χ4v) is 3.76. The Hall–Kier alpha value is -1.89. The van der Waals surface area contributed by atoms with Gasteiger partial charge in [-0.05, 0) is 17.6 Å². The fourth-order valence-electron chi connectivity index (χ4n) is 2.71. The number of nitrogen functional groups attached to an aromatic ring is 1. The number of fused-ring (bicyclic) bond motifs is 1. The molecular formula is C18H22N4OS. The highest BCUT2D eigenvalue weighted by molar-refractivity contribution is 7.98. The number of aromatic nitrogens is 2. The maximum absolute atomic E-state index is 9.60. The molecule has 0 unspecified atom stereocenters. The molecule has 126 valence electrons. The lowest BCUT2D eigenvalue weighted by molar-refractivity contribution is 0.257. The first-order valence-corrected chi connectivity index (χ1v) is 9.18. The van der Waals surface area contributed by atoms with E-state index in [1.807, 2.05) is 17.8 Å². The van der Waals surface area contributed by atoms with Gasteiger partial charge in [0, 0.05) is 29.7 Å². The van der Waals surface area contributed by atoms with Crippen molar-refractivity contribution < 1.29 is 5.11 Å². The molecule has 2 aromatic rings. The number of hydrogen-bond acceptors (Lipinski definition) is 6. The average Bonchev–Trinajstić information content (AvgIpc) is 3.03. The fraction of sp³-hybridized carbons (Fsp3) is 0.333. The van der Waals surface area contributed by atoms with Crippen LogP contribution in [0.5, 0.6) is 0 Å². The molecule has 0 saturated heterocycles. The first-order chi connectivity index (χ1) is 11.8. The molecule has 0 amide bonds. The van der Waals surface area contributed by atoms with E-state index in [4.69, 9.17) is 5.73 Å². The summed E-state index contributed by atoms with van der Waals surface area (Å²) in [6.07, 6.45) is 4.42. The van der Waals surface area contributed by atoms with Crippen molar-refractivity contribution >= 4 is 23.2 Å². The van der Waals surface area contributed by atoms with Gasteiger partial charge in [0.25, 0.3) is 0 Å². The van der Waals surface area contributed by atoms with Crippen LogP contribution in [0, 0.1) is 0 Å². The Kier molecular flexibility index (Phi) is 5.85. The Bertz CT molecular complexity index is 705. The second-order valence-corrected chi connectivity index (χ2v) is 6.81. The van der Waals surface area contributed by atoms with Crippen molar-refractivity contribution in [2.24, 2.45) is 0 Å². The summed E-state index contributed by atoms with van der Waals surface area (Å²) >= 11 is 1.82. The molecule has 0 bridgehead atoms. The van der Waals surface area contributed by atoms with Gasteiger partial charge >= 0.3 is 0 Å². The zero-order valence-electron chi connectivity index (χ0n) is 13.5. The van der Waals surface area contributed by atoms with Gasteiger partial charge in [0.15, 0.2) is 0 Å². The Labute approximate surface area is 146 Å². The van der Waals surface area contributed by atoms with Crippen LogP contribution in [0.15, 0.2) is 42.7 Å². The Morgan fingerprint density at radius 3 is 2.88 bits per heavy atom. The molecule has 5 nitrogen and oxygen atoms in total. The van der Waals surface area contributed by atoms with E-state index >= 15 is 0 Å². The number of nitrogens with one attached hydrogen (secondary N) is 1. The van der Waals surface area contributed by atoms with E-state index < -0.39 is 0 Å². The number of rotatable bonds is 8. The molecule has 0 fully saturated rings. The van der Waals surface area contributed by atoms with Gasteiger partial charge in [-0.1, -0.05) is 36.4 Å². The third-order valence-corrected chi connectivity index (χ3v) is 5.24. The lowest BCUT2D eigenvalue weighted by Crippen LogP contribution is -2.35. The first kappa shape index (κ1) is 17.0. The van der Waals surface area contributed by atoms with Crippen LogP contribution in [0.1, 0.15) is 16.8 Å². The van der Waals surface area contributed by atoms with Gasteiger partial charge < -0.3 is 16.2 Å². The molecule has 3 rings (SSSR count). The SMILES string of the molecule is Nc1ncnc2c1CC=C2CN[C@H](CO)CSCc1ccccc1. The summed E-state index contributed by atoms with van der Waals surface area (Å²) in [6, 6.07) is 10.4. The van der Waals surface area contributed by atoms with Crippen molar-refractivity contribution in [2.45, 2.75) is 18.2 Å². The largest absolute Gasteiger partial charge is 0.395 e. The van der Waals surface area contributed by atoms with E-state index in [1.54, 1.807) is 0 Å². The molecule has 1 aliphatic carbocycles. The quantitative estimate of drug-likeness (QED) is 0.679. The maximum Gasteiger partial charge on any atom is 0.130 e. The minimum Gasteiger partial charge on any atom is -0.395 e. The molecule has 0 spiro atoms. The highest BCUT2D eigenvalue weighted by Gasteiger charge is 2.19. The number of allylic oxidation sites excluding steroid dienone is 1. The van der Waals surface area contributed by atoms with E-state index in [-0.39, 0.29) is 12.6 Å². The van der Waals surface area contributed by atoms with Crippen LogP contribution < -0.4 is 11.1 Å². The lowest BCUT2D eigenvalue weighted by atomic mass is 10.2. The molecule has 24 heavy (non-hydrogen) atoms. The average molecular weight is 342 g/mol. The van der Waals surface area contributed by atoms with Gasteiger partial charge in [0.1, 0.15) is 12.1 Å². The Morgan fingerprint density at radius 2 is 2.08 bits per heavy atom. The summed E-state index contributed by atoms with van der Waals surface area (Å²) in [5.41, 5.74) is 10.3. The predicted molar refractivity (Wildman–Crippen MR) is 99.6 cm³/mol. The molecular weight excluding hydrogens is 320 g/mol. The summed E-state index contributed by atoms with van der Waals surface area (Å²) in [4.78, 5) is 8.38. The van der Waals surface area contributed by atoms with Gasteiger partial charge in [-0.25, -0.2) is 9.97 Å². The molecule has 1 aromatic carbocycles. The Morgan fingerprint density at radius 1 is 1.25 bits per heavy atom. The topological polar surface area (TPSA) is 84.1 Å². The van der Waals surface area contributed by atoms with Crippen LogP contribution in [0.2, 0.25) is 0 Å². The van der Waals surface area contributed by atoms with Crippen LogP contribution in [0.3, 0.4) is 0 Å². The summed E-state index contributed by atoms with van der Waals surface area (Å²) in [6.45, 7) is 0.800. The second kappa shape index (κ2) is 8.28. The molecule has 0 saturated carbocycles. The summed E-state index contributed by atoms with van der Waals surface area (Å²) in [7, 11) is 0. The van der Waals surface area contributed by atoms with Crippen molar-refractivity contribution in [1.29, 1.82) is 0 Å². The molecule has 0 radical (unpaired) electrons. The maximum atomic E-state index is 9.60. The van der Waals surface area contributed by atoms with Crippen LogP contribution in [-0.2, 0) is 12.2 Å². The zero-order valence-corrected chi connectivity index (χ0v) is 14.3. The third kappa shape index (κ3) is 4.14. The molecule has 0 aliphatic heterocycles. The first-order valence-electron chi connectivity index (χ1n) is 8.02. The minimum absolute atomic E-state index is 0.0582. The van der Waals surface area contributed by atoms with Gasteiger partial charge in [-0.15, -0.1) is 0 Å². The monoisotopic (exact) mass is 342 g/mol. The van der Waals surface area contributed by atoms with Crippen molar-refractivity contribution in [3.05, 3.63) is 59.6 Å². The number of nitrogens with zero attached hydrogens (tertiary/aromatic N) is 2. The summed E-state index contributed by atoms with van der Waals surface area (Å²) < 4.78 is 0. The van der Waals surface area contributed by atoms with E-state index in [0.29, 0.717) is 12.4 Å². The lowest BCUT2D eigenvalue weighted by Gasteiger charge is -2.16. The van der Waals surface area contributed by atoms with Gasteiger partial charge in [-0.2, -0.15) is 11.8 Å². The van der Waals surface area contributed by atoms with Crippen molar-refractivity contribution in [2.75, 3.05) is 24.6 Å². The van der Waals surface area contributed by atoms with E-state index in [2.05, 4.69) is 45.6 Å². The summed E-state index contributed by atoms with van der Waals surface area (Å²) in [5.74, 6) is 2.37. The number of thioether (sulfide) groups is 1. The standard InChI is InChI=1S/C18H22N4OS/c19-18-16-7-6-14(17(16)21-12-22-18)8-20-15(9-23)11-24-10-13-4-2-1-3-5-13/h1-6,12,15,20,23H,7-11H2,(H2,19,21,22)/t15-/m1/s1. The predicted octanol–water partition coefficient (Wildman–Crippen LogP) is 1.88. The number of aliphatic hydroxyl groups excluding tert-OH is 1. The van der Waals surface area contributed by atoms with Crippen LogP contribution in [0.25, 0.3) is 5.57 Å². The molecule has 1 heterocycles. The number of benzene rings is 1. The number of nitrogens with two attached hydrogens (primary N) is 1. The van der Waals surface area contributed by atoms with Gasteiger partial charge in [0.2, 0.25) is 0 Å². The van der Waals surface area contributed by atoms with E-state index in [9.17, 15) is 5.11 Å². The molecule has 6 heteroatoms. The van der Waals surface area contributed by atoms with Crippen LogP contribution in [-0.4, -0.2) is 40.0 Å².